The van der Waals surface area contributed by atoms with Crippen molar-refractivity contribution in [3.63, 3.8) is 0 Å². The summed E-state index contributed by atoms with van der Waals surface area (Å²) >= 11 is 0. The van der Waals surface area contributed by atoms with Crippen LogP contribution >= 0.6 is 0 Å². The predicted molar refractivity (Wildman–Crippen MR) is 120 cm³/mol. The van der Waals surface area contributed by atoms with Crippen LogP contribution in [0.5, 0.6) is 0 Å². The molecule has 0 bridgehead atoms. The maximum atomic E-state index is 12.8. The zero-order valence-electron chi connectivity index (χ0n) is 17.6. The summed E-state index contributed by atoms with van der Waals surface area (Å²) in [6, 6.07) is 10.2. The van der Waals surface area contributed by atoms with Gasteiger partial charge in [-0.15, -0.1) is 0 Å². The fourth-order valence-electron chi connectivity index (χ4n) is 4.37. The van der Waals surface area contributed by atoms with Crippen LogP contribution in [0.2, 0.25) is 0 Å². The summed E-state index contributed by atoms with van der Waals surface area (Å²) in [7, 11) is 0. The summed E-state index contributed by atoms with van der Waals surface area (Å²) in [5.41, 5.74) is 3.70. The van der Waals surface area contributed by atoms with E-state index < -0.39 is 0 Å². The number of nitrogens with zero attached hydrogens (tertiary/aromatic N) is 3. The molecule has 1 aromatic carbocycles. The lowest BCUT2D eigenvalue weighted by Gasteiger charge is -2.32. The third kappa shape index (κ3) is 4.89. The SMILES string of the molecule is CC1CCN(c2ccc(NC(=O)c3cncc(N4CCCC(C)C4)c3)cc2)CC1. The van der Waals surface area contributed by atoms with Crippen LogP contribution in [0.25, 0.3) is 0 Å². The summed E-state index contributed by atoms with van der Waals surface area (Å²) in [6.07, 6.45) is 8.48. The highest BCUT2D eigenvalue weighted by molar-refractivity contribution is 6.04. The molecule has 4 rings (SSSR count). The largest absolute Gasteiger partial charge is 0.372 e. The number of benzene rings is 1. The number of carbonyl (C=O) groups excluding carboxylic acids is 1. The van der Waals surface area contributed by atoms with Crippen molar-refractivity contribution in [3.8, 4) is 0 Å². The molecule has 0 aliphatic carbocycles. The molecule has 2 aliphatic rings. The Labute approximate surface area is 174 Å². The summed E-state index contributed by atoms with van der Waals surface area (Å²) in [6.45, 7) is 8.90. The molecule has 0 radical (unpaired) electrons. The minimum Gasteiger partial charge on any atom is -0.372 e. The highest BCUT2D eigenvalue weighted by atomic mass is 16.1. The number of aromatic nitrogens is 1. The molecule has 1 atom stereocenters. The molecule has 0 spiro atoms. The van der Waals surface area contributed by atoms with E-state index >= 15 is 0 Å². The highest BCUT2D eigenvalue weighted by Crippen LogP contribution is 2.25. The third-order valence-electron chi connectivity index (χ3n) is 6.28. The van der Waals surface area contributed by atoms with Crippen molar-refractivity contribution < 1.29 is 4.79 Å². The zero-order chi connectivity index (χ0) is 20.2. The molecule has 2 saturated heterocycles. The average molecular weight is 393 g/mol. The fraction of sp³-hybridized carbons (Fsp3) is 0.500. The van der Waals surface area contributed by atoms with Crippen LogP contribution in [-0.2, 0) is 0 Å². The van der Waals surface area contributed by atoms with Gasteiger partial charge >= 0.3 is 0 Å². The van der Waals surface area contributed by atoms with Crippen molar-refractivity contribution in [2.45, 2.75) is 39.5 Å². The molecule has 2 aliphatic heterocycles. The molecule has 154 valence electrons. The average Bonchev–Trinajstić information content (AvgIpc) is 2.75. The van der Waals surface area contributed by atoms with E-state index in [2.05, 4.69) is 46.1 Å². The second kappa shape index (κ2) is 8.85. The fourth-order valence-corrected chi connectivity index (χ4v) is 4.37. The first-order chi connectivity index (χ1) is 14.1. The molecule has 2 fully saturated rings. The number of hydrogen-bond acceptors (Lipinski definition) is 4. The number of hydrogen-bond donors (Lipinski definition) is 1. The minimum atomic E-state index is -0.107. The molecule has 1 amide bonds. The quantitative estimate of drug-likeness (QED) is 0.811. The molecule has 1 N–H and O–H groups in total. The van der Waals surface area contributed by atoms with Crippen molar-refractivity contribution in [1.82, 2.24) is 4.98 Å². The van der Waals surface area contributed by atoms with E-state index in [1.807, 2.05) is 24.4 Å². The standard InChI is InChI=1S/C24H32N4O/c1-18-9-12-27(13-10-18)22-7-5-21(6-8-22)26-24(29)20-14-23(16-25-15-20)28-11-3-4-19(2)17-28/h5-8,14-16,18-19H,3-4,9-13,17H2,1-2H3,(H,26,29). The zero-order valence-corrected chi connectivity index (χ0v) is 17.6. The van der Waals surface area contributed by atoms with Gasteiger partial charge in [-0.25, -0.2) is 0 Å². The molecule has 1 unspecified atom stereocenters. The first kappa shape index (κ1) is 19.7. The lowest BCUT2D eigenvalue weighted by Crippen LogP contribution is -2.34. The molecule has 0 saturated carbocycles. The monoisotopic (exact) mass is 392 g/mol. The molecule has 5 nitrogen and oxygen atoms in total. The molecule has 29 heavy (non-hydrogen) atoms. The second-order valence-corrected chi connectivity index (χ2v) is 8.80. The van der Waals surface area contributed by atoms with E-state index in [1.165, 1.54) is 31.4 Å². The first-order valence-corrected chi connectivity index (χ1v) is 10.9. The van der Waals surface area contributed by atoms with Crippen LogP contribution in [0, 0.1) is 11.8 Å². The van der Waals surface area contributed by atoms with Gasteiger partial charge < -0.3 is 15.1 Å². The van der Waals surface area contributed by atoms with Crippen LogP contribution in [-0.4, -0.2) is 37.1 Å². The Bertz CT molecular complexity index is 827. The lowest BCUT2D eigenvalue weighted by atomic mass is 9.99. The van der Waals surface area contributed by atoms with Crippen molar-refractivity contribution in [2.24, 2.45) is 11.8 Å². The predicted octanol–water partition coefficient (Wildman–Crippen LogP) is 4.81. The Morgan fingerprint density at radius 3 is 2.41 bits per heavy atom. The summed E-state index contributed by atoms with van der Waals surface area (Å²) < 4.78 is 0. The molecule has 2 aromatic rings. The number of piperidine rings is 2. The maximum absolute atomic E-state index is 12.8. The van der Waals surface area contributed by atoms with E-state index in [9.17, 15) is 4.79 Å². The number of pyridine rings is 1. The number of carbonyl (C=O) groups is 1. The molecular weight excluding hydrogens is 360 g/mol. The van der Waals surface area contributed by atoms with Gasteiger partial charge in [-0.3, -0.25) is 9.78 Å². The molecular formula is C24H32N4O. The highest BCUT2D eigenvalue weighted by Gasteiger charge is 2.19. The number of anilines is 3. The van der Waals surface area contributed by atoms with Gasteiger partial charge in [-0.2, -0.15) is 0 Å². The smallest absolute Gasteiger partial charge is 0.257 e. The molecule has 1 aromatic heterocycles. The van der Waals surface area contributed by atoms with Gasteiger partial charge in [0, 0.05) is 43.8 Å². The van der Waals surface area contributed by atoms with Gasteiger partial charge in [-0.05, 0) is 67.9 Å². The Balaban J connectivity index is 1.39. The molecule has 5 heteroatoms. The van der Waals surface area contributed by atoms with Gasteiger partial charge in [0.05, 0.1) is 17.4 Å². The Morgan fingerprint density at radius 2 is 1.69 bits per heavy atom. The van der Waals surface area contributed by atoms with Crippen LogP contribution in [0.1, 0.15) is 49.9 Å². The number of rotatable bonds is 4. The first-order valence-electron chi connectivity index (χ1n) is 10.9. The van der Waals surface area contributed by atoms with Crippen molar-refractivity contribution in [1.29, 1.82) is 0 Å². The third-order valence-corrected chi connectivity index (χ3v) is 6.28. The van der Waals surface area contributed by atoms with Gasteiger partial charge in [0.2, 0.25) is 0 Å². The van der Waals surface area contributed by atoms with Gasteiger partial charge in [0.25, 0.3) is 5.91 Å². The van der Waals surface area contributed by atoms with E-state index in [1.54, 1.807) is 6.20 Å². The summed E-state index contributed by atoms with van der Waals surface area (Å²) in [5.74, 6) is 1.40. The van der Waals surface area contributed by atoms with Gasteiger partial charge in [-0.1, -0.05) is 13.8 Å². The van der Waals surface area contributed by atoms with Crippen molar-refractivity contribution in [3.05, 3.63) is 48.3 Å². The van der Waals surface area contributed by atoms with E-state index in [-0.39, 0.29) is 5.91 Å². The van der Waals surface area contributed by atoms with Crippen LogP contribution in [0.3, 0.4) is 0 Å². The van der Waals surface area contributed by atoms with Crippen LogP contribution < -0.4 is 15.1 Å². The molecule has 3 heterocycles. The normalized spacial score (nSPS) is 20.6. The van der Waals surface area contributed by atoms with E-state index in [0.717, 1.165) is 43.5 Å². The lowest BCUT2D eigenvalue weighted by molar-refractivity contribution is 0.102. The Morgan fingerprint density at radius 1 is 0.931 bits per heavy atom. The van der Waals surface area contributed by atoms with E-state index in [0.29, 0.717) is 11.5 Å². The minimum absolute atomic E-state index is 0.107. The summed E-state index contributed by atoms with van der Waals surface area (Å²) in [5, 5.41) is 3.02. The Kier molecular flexibility index (Phi) is 6.02. The number of nitrogens with one attached hydrogen (secondary N) is 1. The van der Waals surface area contributed by atoms with Gasteiger partial charge in [0.15, 0.2) is 0 Å². The van der Waals surface area contributed by atoms with Crippen LogP contribution in [0.4, 0.5) is 17.1 Å². The maximum Gasteiger partial charge on any atom is 0.257 e. The van der Waals surface area contributed by atoms with Crippen LogP contribution in [0.15, 0.2) is 42.7 Å². The summed E-state index contributed by atoms with van der Waals surface area (Å²) in [4.78, 5) is 21.8. The topological polar surface area (TPSA) is 48.5 Å². The van der Waals surface area contributed by atoms with Crippen molar-refractivity contribution >= 4 is 23.0 Å². The number of amides is 1. The van der Waals surface area contributed by atoms with Crippen molar-refractivity contribution in [2.75, 3.05) is 41.3 Å². The second-order valence-electron chi connectivity index (χ2n) is 8.80. The van der Waals surface area contributed by atoms with Gasteiger partial charge in [0.1, 0.15) is 0 Å². The Hall–Kier alpha value is -2.56. The van der Waals surface area contributed by atoms with E-state index in [4.69, 9.17) is 0 Å².